The summed E-state index contributed by atoms with van der Waals surface area (Å²) in [4.78, 5) is 30.2. The summed E-state index contributed by atoms with van der Waals surface area (Å²) >= 11 is 0. The number of anilines is 2. The Morgan fingerprint density at radius 1 is 1.10 bits per heavy atom. The second kappa shape index (κ2) is 11.1. The van der Waals surface area contributed by atoms with Gasteiger partial charge in [-0.05, 0) is 62.9 Å². The summed E-state index contributed by atoms with van der Waals surface area (Å²) in [5.74, 6) is -0.241. The van der Waals surface area contributed by atoms with Gasteiger partial charge in [0.1, 0.15) is 6.04 Å². The molecule has 0 radical (unpaired) electrons. The topological polar surface area (TPSA) is 128 Å². The molecule has 0 aliphatic carbocycles. The van der Waals surface area contributed by atoms with Crippen LogP contribution in [0, 0.1) is 13.8 Å². The predicted octanol–water partition coefficient (Wildman–Crippen LogP) is 2.21. The van der Waals surface area contributed by atoms with Gasteiger partial charge in [-0.25, -0.2) is 12.9 Å². The zero-order valence-corrected chi connectivity index (χ0v) is 24.2. The summed E-state index contributed by atoms with van der Waals surface area (Å²) in [7, 11) is -1.91. The number of carbonyl (C=O) groups is 2. The van der Waals surface area contributed by atoms with Gasteiger partial charge < -0.3 is 20.4 Å². The van der Waals surface area contributed by atoms with E-state index in [2.05, 4.69) is 26.3 Å². The maximum Gasteiger partial charge on any atom is 0.256 e. The number of sulfonamides is 1. The molecule has 2 amide bonds. The van der Waals surface area contributed by atoms with Crippen molar-refractivity contribution in [1.82, 2.24) is 25.1 Å². The van der Waals surface area contributed by atoms with E-state index in [0.717, 1.165) is 60.1 Å². The fourth-order valence-corrected chi connectivity index (χ4v) is 6.30. The van der Waals surface area contributed by atoms with Crippen LogP contribution >= 0.6 is 0 Å². The highest BCUT2D eigenvalue weighted by Crippen LogP contribution is 2.34. The average molecular weight is 568 g/mol. The number of carbonyl (C=O) groups excluding carboxylic acids is 2. The number of aromatic nitrogens is 2. The van der Waals surface area contributed by atoms with Crippen LogP contribution in [-0.4, -0.2) is 80.3 Å². The van der Waals surface area contributed by atoms with Crippen LogP contribution in [0.3, 0.4) is 0 Å². The van der Waals surface area contributed by atoms with Crippen molar-refractivity contribution in [3.8, 4) is 0 Å². The average Bonchev–Trinajstić information content (AvgIpc) is 3.34. The molecule has 214 valence electrons. The standard InChI is InChI=1S/C28H37N7O4S/c1-18-8-9-22(32-40(4,38)39)21(13-18)28(37)34-11-6-5-7-25(34)23-14-20-15-26(19(2)16-35(20)31-23)33-12-10-30-24(17-33)27(36)29-3/h8-9,13-16,24-25,30,32H,5-7,10-12,17H2,1-4H3,(H,29,36)/t24-,25+/m1/s1. The van der Waals surface area contributed by atoms with Crippen LogP contribution in [0.2, 0.25) is 0 Å². The lowest BCUT2D eigenvalue weighted by Gasteiger charge is -2.35. The molecule has 4 heterocycles. The van der Waals surface area contributed by atoms with Crippen molar-refractivity contribution in [2.24, 2.45) is 0 Å². The summed E-state index contributed by atoms with van der Waals surface area (Å²) in [6, 6.07) is 8.79. The van der Waals surface area contributed by atoms with Crippen LogP contribution in [0.1, 0.15) is 52.5 Å². The number of benzene rings is 1. The molecule has 5 rings (SSSR count). The van der Waals surface area contributed by atoms with Crippen LogP contribution in [0.25, 0.3) is 5.52 Å². The molecular formula is C28H37N7O4S. The van der Waals surface area contributed by atoms with E-state index in [1.54, 1.807) is 25.2 Å². The third kappa shape index (κ3) is 5.78. The lowest BCUT2D eigenvalue weighted by atomic mass is 9.97. The smallest absolute Gasteiger partial charge is 0.256 e. The van der Waals surface area contributed by atoms with Crippen molar-refractivity contribution >= 4 is 38.7 Å². The molecule has 2 aromatic heterocycles. The van der Waals surface area contributed by atoms with E-state index in [1.807, 2.05) is 35.5 Å². The Morgan fingerprint density at radius 2 is 1.90 bits per heavy atom. The Morgan fingerprint density at radius 3 is 2.65 bits per heavy atom. The zero-order chi connectivity index (χ0) is 28.6. The number of likely N-dealkylation sites (tertiary alicyclic amines) is 1. The maximum atomic E-state index is 13.9. The maximum absolute atomic E-state index is 13.9. The van der Waals surface area contributed by atoms with E-state index >= 15 is 0 Å². The summed E-state index contributed by atoms with van der Waals surface area (Å²) < 4.78 is 28.3. The summed E-state index contributed by atoms with van der Waals surface area (Å²) in [6.45, 7) is 6.56. The predicted molar refractivity (Wildman–Crippen MR) is 155 cm³/mol. The van der Waals surface area contributed by atoms with Crippen molar-refractivity contribution in [3.05, 3.63) is 58.9 Å². The van der Waals surface area contributed by atoms with Gasteiger partial charge in [-0.3, -0.25) is 14.3 Å². The second-order valence-electron chi connectivity index (χ2n) is 10.8. The molecule has 0 spiro atoms. The minimum Gasteiger partial charge on any atom is -0.368 e. The fourth-order valence-electron chi connectivity index (χ4n) is 5.73. The zero-order valence-electron chi connectivity index (χ0n) is 23.4. The van der Waals surface area contributed by atoms with Crippen LogP contribution in [0.4, 0.5) is 11.4 Å². The number of nitrogens with zero attached hydrogens (tertiary/aromatic N) is 4. The minimum atomic E-state index is -3.55. The Balaban J connectivity index is 1.46. The molecule has 2 aliphatic heterocycles. The van der Waals surface area contributed by atoms with Gasteiger partial charge in [-0.15, -0.1) is 0 Å². The molecule has 1 aromatic carbocycles. The van der Waals surface area contributed by atoms with E-state index in [9.17, 15) is 18.0 Å². The number of likely N-dealkylation sites (N-methyl/N-ethyl adjacent to an activating group) is 1. The third-order valence-electron chi connectivity index (χ3n) is 7.67. The van der Waals surface area contributed by atoms with Crippen molar-refractivity contribution in [2.45, 2.75) is 45.2 Å². The summed E-state index contributed by atoms with van der Waals surface area (Å²) in [5, 5.41) is 10.9. The van der Waals surface area contributed by atoms with Gasteiger partial charge >= 0.3 is 0 Å². The number of hydrogen-bond acceptors (Lipinski definition) is 7. The number of pyridine rings is 1. The summed E-state index contributed by atoms with van der Waals surface area (Å²) in [6.07, 6.45) is 5.69. The molecule has 2 saturated heterocycles. The third-order valence-corrected chi connectivity index (χ3v) is 8.26. The van der Waals surface area contributed by atoms with E-state index < -0.39 is 10.0 Å². The highest BCUT2D eigenvalue weighted by molar-refractivity contribution is 7.92. The van der Waals surface area contributed by atoms with Gasteiger partial charge in [0.05, 0.1) is 34.8 Å². The lowest BCUT2D eigenvalue weighted by molar-refractivity contribution is -0.122. The molecule has 11 nitrogen and oxygen atoms in total. The highest BCUT2D eigenvalue weighted by Gasteiger charge is 2.32. The van der Waals surface area contributed by atoms with Gasteiger partial charge in [-0.2, -0.15) is 5.10 Å². The van der Waals surface area contributed by atoms with Crippen LogP contribution in [0.15, 0.2) is 36.5 Å². The SMILES string of the molecule is CNC(=O)[C@H]1CN(c2cc3cc([C@@H]4CCCCN4C(=O)c4cc(C)ccc4NS(C)(=O)=O)nn3cc2C)CCN1. The molecule has 2 aliphatic rings. The number of piperazine rings is 1. The van der Waals surface area contributed by atoms with Crippen molar-refractivity contribution < 1.29 is 18.0 Å². The number of rotatable bonds is 6. The van der Waals surface area contributed by atoms with Crippen molar-refractivity contribution in [2.75, 3.05) is 49.1 Å². The van der Waals surface area contributed by atoms with Gasteiger partial charge in [0.25, 0.3) is 5.91 Å². The molecule has 0 saturated carbocycles. The normalized spacial score (nSPS) is 20.0. The molecule has 2 atom stereocenters. The van der Waals surface area contributed by atoms with Gasteiger partial charge in [0, 0.05) is 45.1 Å². The first-order valence-electron chi connectivity index (χ1n) is 13.6. The van der Waals surface area contributed by atoms with E-state index in [4.69, 9.17) is 5.10 Å². The molecular weight excluding hydrogens is 530 g/mol. The second-order valence-corrected chi connectivity index (χ2v) is 12.5. The van der Waals surface area contributed by atoms with Gasteiger partial charge in [0.15, 0.2) is 0 Å². The Hall–Kier alpha value is -3.64. The molecule has 0 unspecified atom stereocenters. The minimum absolute atomic E-state index is 0.0272. The van der Waals surface area contributed by atoms with Crippen molar-refractivity contribution in [3.63, 3.8) is 0 Å². The number of aryl methyl sites for hydroxylation is 2. The number of piperidine rings is 1. The number of nitrogens with one attached hydrogen (secondary N) is 3. The van der Waals surface area contributed by atoms with Gasteiger partial charge in [-0.1, -0.05) is 11.6 Å². The van der Waals surface area contributed by atoms with Gasteiger partial charge in [0.2, 0.25) is 15.9 Å². The fraction of sp³-hybridized carbons (Fsp3) is 0.464. The quantitative estimate of drug-likeness (QED) is 0.417. The Labute approximate surface area is 235 Å². The molecule has 3 aromatic rings. The van der Waals surface area contributed by atoms with Crippen LogP contribution < -0.4 is 20.3 Å². The lowest BCUT2D eigenvalue weighted by Crippen LogP contribution is -2.56. The Bertz CT molecular complexity index is 1550. The van der Waals surface area contributed by atoms with E-state index in [-0.39, 0.29) is 29.6 Å². The first-order valence-corrected chi connectivity index (χ1v) is 15.5. The molecule has 3 N–H and O–H groups in total. The largest absolute Gasteiger partial charge is 0.368 e. The molecule has 0 bridgehead atoms. The monoisotopic (exact) mass is 567 g/mol. The van der Waals surface area contributed by atoms with Crippen LogP contribution in [-0.2, 0) is 14.8 Å². The van der Waals surface area contributed by atoms with E-state index in [1.165, 1.54) is 0 Å². The number of amides is 2. The highest BCUT2D eigenvalue weighted by atomic mass is 32.2. The number of hydrogen-bond donors (Lipinski definition) is 3. The Kier molecular flexibility index (Phi) is 7.74. The summed E-state index contributed by atoms with van der Waals surface area (Å²) in [5.41, 5.74) is 5.32. The molecule has 12 heteroatoms. The molecule has 2 fully saturated rings. The van der Waals surface area contributed by atoms with Crippen LogP contribution in [0.5, 0.6) is 0 Å². The first-order chi connectivity index (χ1) is 19.0. The van der Waals surface area contributed by atoms with Crippen molar-refractivity contribution in [1.29, 1.82) is 0 Å². The number of fused-ring (bicyclic) bond motifs is 1. The van der Waals surface area contributed by atoms with E-state index in [0.29, 0.717) is 25.2 Å². The first kappa shape index (κ1) is 27.9. The molecule has 40 heavy (non-hydrogen) atoms.